The van der Waals surface area contributed by atoms with E-state index in [0.29, 0.717) is 12.6 Å². The van der Waals surface area contributed by atoms with Crippen LogP contribution in [0.4, 0.5) is 4.39 Å². The molecule has 27 heavy (non-hydrogen) atoms. The van der Waals surface area contributed by atoms with Crippen LogP contribution in [0.3, 0.4) is 0 Å². The monoisotopic (exact) mass is 410 g/mol. The van der Waals surface area contributed by atoms with Gasteiger partial charge in [-0.1, -0.05) is 12.1 Å². The largest absolute Gasteiger partial charge is 0.335 e. The second kappa shape index (κ2) is 9.67. The Morgan fingerprint density at radius 3 is 2.59 bits per heavy atom. The second-order valence-electron chi connectivity index (χ2n) is 7.41. The van der Waals surface area contributed by atoms with Crippen LogP contribution in [0.1, 0.15) is 38.5 Å². The average Bonchev–Trinajstić information content (AvgIpc) is 3.08. The van der Waals surface area contributed by atoms with Crippen molar-refractivity contribution in [3.05, 3.63) is 47.1 Å². The number of nitrogens with one attached hydrogen (secondary N) is 1. The molecule has 3 nitrogen and oxygen atoms in total. The van der Waals surface area contributed by atoms with Crippen molar-refractivity contribution in [1.29, 1.82) is 0 Å². The predicted octanol–water partition coefficient (Wildman–Crippen LogP) is 5.10. The molecule has 2 atom stereocenters. The number of hydrogen-bond acceptors (Lipinski definition) is 3. The van der Waals surface area contributed by atoms with Crippen LogP contribution in [-0.2, 0) is 11.3 Å². The van der Waals surface area contributed by atoms with Gasteiger partial charge in [-0.25, -0.2) is 4.39 Å². The lowest BCUT2D eigenvalue weighted by Gasteiger charge is -2.34. The van der Waals surface area contributed by atoms with Gasteiger partial charge in [0, 0.05) is 27.8 Å². The first kappa shape index (κ1) is 21.9. The van der Waals surface area contributed by atoms with Crippen LogP contribution >= 0.6 is 23.7 Å². The zero-order chi connectivity index (χ0) is 18.7. The van der Waals surface area contributed by atoms with E-state index in [4.69, 9.17) is 0 Å². The van der Waals surface area contributed by atoms with Crippen molar-refractivity contribution in [3.8, 4) is 10.4 Å². The molecule has 0 spiro atoms. The number of nitrogens with zero attached hydrogens (tertiary/aromatic N) is 1. The molecule has 0 saturated carbocycles. The molecule has 3 rings (SSSR count). The van der Waals surface area contributed by atoms with E-state index in [-0.39, 0.29) is 36.1 Å². The molecule has 1 amide bonds. The van der Waals surface area contributed by atoms with Gasteiger partial charge in [-0.3, -0.25) is 4.79 Å². The van der Waals surface area contributed by atoms with Gasteiger partial charge in [0.1, 0.15) is 5.82 Å². The van der Waals surface area contributed by atoms with Crippen LogP contribution in [0.5, 0.6) is 0 Å². The molecule has 148 valence electrons. The van der Waals surface area contributed by atoms with E-state index in [0.717, 1.165) is 34.7 Å². The van der Waals surface area contributed by atoms with Gasteiger partial charge in [-0.05, 0) is 70.0 Å². The van der Waals surface area contributed by atoms with Gasteiger partial charge in [-0.2, -0.15) is 0 Å². The first-order chi connectivity index (χ1) is 12.4. The van der Waals surface area contributed by atoms with Crippen molar-refractivity contribution >= 4 is 29.7 Å². The zero-order valence-corrected chi connectivity index (χ0v) is 17.7. The van der Waals surface area contributed by atoms with Crippen LogP contribution in [0.25, 0.3) is 10.4 Å². The third-order valence-electron chi connectivity index (χ3n) is 5.00. The summed E-state index contributed by atoms with van der Waals surface area (Å²) in [6.07, 6.45) is 1.82. The van der Waals surface area contributed by atoms with Crippen molar-refractivity contribution in [3.63, 3.8) is 0 Å². The topological polar surface area (TPSA) is 32.3 Å². The molecule has 1 aromatic carbocycles. The molecule has 6 heteroatoms. The highest BCUT2D eigenvalue weighted by molar-refractivity contribution is 7.15. The minimum absolute atomic E-state index is 0. The van der Waals surface area contributed by atoms with Gasteiger partial charge in [0.05, 0.1) is 6.54 Å². The maximum atomic E-state index is 13.1. The van der Waals surface area contributed by atoms with Crippen molar-refractivity contribution in [1.82, 2.24) is 10.2 Å². The molecule has 0 bridgehead atoms. The van der Waals surface area contributed by atoms with E-state index >= 15 is 0 Å². The highest BCUT2D eigenvalue weighted by Crippen LogP contribution is 2.30. The third kappa shape index (κ3) is 5.53. The van der Waals surface area contributed by atoms with E-state index in [1.807, 2.05) is 4.90 Å². The number of piperidine rings is 1. The SMILES string of the molecule is CC(C)N(Cc1ccc(-c2ccc(F)cc2)s1)C(=O)[C@H]1CCN[C@@H](C)C1.Cl. The normalized spacial score (nSPS) is 19.6. The molecule has 1 aliphatic rings. The smallest absolute Gasteiger partial charge is 0.226 e. The maximum absolute atomic E-state index is 13.1. The lowest BCUT2D eigenvalue weighted by Crippen LogP contribution is -2.46. The Balaban J connectivity index is 0.00000261. The quantitative estimate of drug-likeness (QED) is 0.743. The average molecular weight is 411 g/mol. The maximum Gasteiger partial charge on any atom is 0.226 e. The third-order valence-corrected chi connectivity index (χ3v) is 6.11. The zero-order valence-electron chi connectivity index (χ0n) is 16.1. The van der Waals surface area contributed by atoms with Crippen LogP contribution in [0, 0.1) is 11.7 Å². The summed E-state index contributed by atoms with van der Waals surface area (Å²) in [4.78, 5) is 17.3. The van der Waals surface area contributed by atoms with E-state index in [2.05, 4.69) is 38.2 Å². The molecule has 1 fully saturated rings. The Bertz CT molecular complexity index is 747. The molecule has 2 aromatic rings. The number of halogens is 2. The number of hydrogen-bond donors (Lipinski definition) is 1. The summed E-state index contributed by atoms with van der Waals surface area (Å²) in [7, 11) is 0. The van der Waals surface area contributed by atoms with Crippen molar-refractivity contribution in [2.75, 3.05) is 6.54 Å². The number of benzene rings is 1. The summed E-state index contributed by atoms with van der Waals surface area (Å²) in [5.41, 5.74) is 1.01. The summed E-state index contributed by atoms with van der Waals surface area (Å²) in [6.45, 7) is 7.86. The Kier molecular flexibility index (Phi) is 7.83. The minimum Gasteiger partial charge on any atom is -0.335 e. The standard InChI is InChI=1S/C21H27FN2OS.ClH/c1-14(2)24(21(25)17-10-11-23-15(3)12-17)13-19-8-9-20(26-19)16-4-6-18(22)7-5-16;/h4-9,14-15,17,23H,10-13H2,1-3H3;1H/t15-,17-;/m0./s1. The van der Waals surface area contributed by atoms with E-state index in [9.17, 15) is 9.18 Å². The fraction of sp³-hybridized carbons (Fsp3) is 0.476. The lowest BCUT2D eigenvalue weighted by atomic mass is 9.91. The molecular formula is C21H28ClFN2OS. The molecule has 1 aliphatic heterocycles. The van der Waals surface area contributed by atoms with Crippen LogP contribution < -0.4 is 5.32 Å². The summed E-state index contributed by atoms with van der Waals surface area (Å²) in [6, 6.07) is 11.3. The Hall–Kier alpha value is -1.43. The van der Waals surface area contributed by atoms with Crippen LogP contribution in [0.15, 0.2) is 36.4 Å². The Labute approximate surface area is 171 Å². The minimum atomic E-state index is -0.224. The van der Waals surface area contributed by atoms with Gasteiger partial charge >= 0.3 is 0 Å². The van der Waals surface area contributed by atoms with Crippen molar-refractivity contribution < 1.29 is 9.18 Å². The van der Waals surface area contributed by atoms with Gasteiger partial charge < -0.3 is 10.2 Å². The van der Waals surface area contributed by atoms with Gasteiger partial charge in [0.15, 0.2) is 0 Å². The summed E-state index contributed by atoms with van der Waals surface area (Å²) >= 11 is 1.67. The highest BCUT2D eigenvalue weighted by atomic mass is 35.5. The molecule has 0 radical (unpaired) electrons. The number of amides is 1. The molecule has 0 unspecified atom stereocenters. The van der Waals surface area contributed by atoms with Gasteiger partial charge in [0.2, 0.25) is 5.91 Å². The molecule has 1 saturated heterocycles. The number of rotatable bonds is 5. The summed E-state index contributed by atoms with van der Waals surface area (Å²) in [5, 5.41) is 3.41. The lowest BCUT2D eigenvalue weighted by molar-refractivity contribution is -0.139. The van der Waals surface area contributed by atoms with Crippen molar-refractivity contribution in [2.45, 2.75) is 52.2 Å². The fourth-order valence-corrected chi connectivity index (χ4v) is 4.52. The fourth-order valence-electron chi connectivity index (χ4n) is 3.51. The van der Waals surface area contributed by atoms with E-state index in [1.54, 1.807) is 23.5 Å². The summed E-state index contributed by atoms with van der Waals surface area (Å²) < 4.78 is 13.1. The van der Waals surface area contributed by atoms with Crippen LogP contribution in [0.2, 0.25) is 0 Å². The highest BCUT2D eigenvalue weighted by Gasteiger charge is 2.30. The van der Waals surface area contributed by atoms with Crippen LogP contribution in [-0.4, -0.2) is 29.4 Å². The molecular weight excluding hydrogens is 383 g/mol. The van der Waals surface area contributed by atoms with Gasteiger partial charge in [0.25, 0.3) is 0 Å². The summed E-state index contributed by atoms with van der Waals surface area (Å²) in [5.74, 6) is 0.161. The molecule has 1 aromatic heterocycles. The first-order valence-corrected chi connectivity index (χ1v) is 10.1. The predicted molar refractivity (Wildman–Crippen MR) is 113 cm³/mol. The van der Waals surface area contributed by atoms with Gasteiger partial charge in [-0.15, -0.1) is 23.7 Å². The molecule has 2 heterocycles. The molecule has 1 N–H and O–H groups in total. The van der Waals surface area contributed by atoms with E-state index in [1.165, 1.54) is 12.1 Å². The number of thiophene rings is 1. The Morgan fingerprint density at radius 1 is 1.26 bits per heavy atom. The Morgan fingerprint density at radius 2 is 1.96 bits per heavy atom. The number of carbonyl (C=O) groups is 1. The second-order valence-corrected chi connectivity index (χ2v) is 8.58. The first-order valence-electron chi connectivity index (χ1n) is 9.32. The van der Waals surface area contributed by atoms with Crippen molar-refractivity contribution in [2.24, 2.45) is 5.92 Å². The molecule has 0 aliphatic carbocycles. The number of carbonyl (C=O) groups excluding carboxylic acids is 1. The van der Waals surface area contributed by atoms with E-state index < -0.39 is 0 Å².